The van der Waals surface area contributed by atoms with Gasteiger partial charge < -0.3 is 25.7 Å². The third-order valence-corrected chi connectivity index (χ3v) is 2.91. The van der Waals surface area contributed by atoms with Gasteiger partial charge in [0.05, 0.1) is 13.1 Å². The summed E-state index contributed by atoms with van der Waals surface area (Å²) in [5.74, 6) is -1.60. The number of urea groups is 1. The van der Waals surface area contributed by atoms with Crippen LogP contribution in [-0.4, -0.2) is 64.8 Å². The zero-order chi connectivity index (χ0) is 14.5. The van der Waals surface area contributed by atoms with Gasteiger partial charge in [-0.25, -0.2) is 9.59 Å². The number of rotatable bonds is 5. The monoisotopic (exact) mass is 273 g/mol. The minimum absolute atomic E-state index is 0.138. The molecule has 0 saturated carbocycles. The zero-order valence-electron chi connectivity index (χ0n) is 10.8. The van der Waals surface area contributed by atoms with Crippen LogP contribution in [0.25, 0.3) is 0 Å². The number of carboxylic acid groups (broad SMARTS) is 1. The lowest BCUT2D eigenvalue weighted by molar-refractivity contribution is -0.155. The van der Waals surface area contributed by atoms with Crippen molar-refractivity contribution in [3.05, 3.63) is 0 Å². The first-order valence-electron chi connectivity index (χ1n) is 6.08. The van der Waals surface area contributed by atoms with E-state index in [1.165, 1.54) is 0 Å². The van der Waals surface area contributed by atoms with E-state index in [1.54, 1.807) is 4.90 Å². The van der Waals surface area contributed by atoms with Crippen LogP contribution in [0.2, 0.25) is 0 Å². The number of likely N-dealkylation sites (tertiary alicyclic amines) is 1. The predicted molar refractivity (Wildman–Crippen MR) is 65.5 cm³/mol. The van der Waals surface area contributed by atoms with Crippen LogP contribution in [0.1, 0.15) is 19.8 Å². The number of carboxylic acids is 1. The molecule has 3 amide bonds. The summed E-state index contributed by atoms with van der Waals surface area (Å²) in [6.45, 7) is 1.91. The molecule has 8 heteroatoms. The minimum Gasteiger partial charge on any atom is -0.479 e. The lowest BCUT2D eigenvalue weighted by atomic mass is 10.1. The molecule has 1 atom stereocenters. The number of nitrogens with one attached hydrogen (secondary N) is 2. The van der Waals surface area contributed by atoms with Gasteiger partial charge in [0.1, 0.15) is 0 Å². The van der Waals surface area contributed by atoms with Gasteiger partial charge in [0, 0.05) is 13.1 Å². The summed E-state index contributed by atoms with van der Waals surface area (Å²) in [5.41, 5.74) is -2.03. The Morgan fingerprint density at radius 3 is 2.32 bits per heavy atom. The highest BCUT2D eigenvalue weighted by atomic mass is 16.4. The maximum Gasteiger partial charge on any atom is 0.337 e. The first kappa shape index (κ1) is 15.2. The fourth-order valence-electron chi connectivity index (χ4n) is 1.62. The lowest BCUT2D eigenvalue weighted by Gasteiger charge is -2.19. The molecule has 0 bridgehead atoms. The molecule has 1 aliphatic heterocycles. The van der Waals surface area contributed by atoms with Crippen molar-refractivity contribution in [1.82, 2.24) is 15.5 Å². The Labute approximate surface area is 110 Å². The predicted octanol–water partition coefficient (Wildman–Crippen LogP) is -1.26. The summed E-state index contributed by atoms with van der Waals surface area (Å²) >= 11 is 0. The molecule has 0 aliphatic carbocycles. The van der Waals surface area contributed by atoms with Crippen LogP contribution in [0.3, 0.4) is 0 Å². The molecule has 1 heterocycles. The fraction of sp³-hybridized carbons (Fsp3) is 0.727. The molecule has 4 N–H and O–H groups in total. The van der Waals surface area contributed by atoms with Crippen LogP contribution in [-0.2, 0) is 9.59 Å². The number of amides is 3. The fourth-order valence-corrected chi connectivity index (χ4v) is 1.62. The van der Waals surface area contributed by atoms with Gasteiger partial charge in [-0.2, -0.15) is 0 Å². The molecule has 1 aliphatic rings. The van der Waals surface area contributed by atoms with Crippen LogP contribution in [0.5, 0.6) is 0 Å². The van der Waals surface area contributed by atoms with Crippen molar-refractivity contribution in [2.24, 2.45) is 0 Å². The van der Waals surface area contributed by atoms with Gasteiger partial charge in [-0.3, -0.25) is 4.79 Å². The molecule has 0 spiro atoms. The van der Waals surface area contributed by atoms with Crippen molar-refractivity contribution < 1.29 is 24.6 Å². The second kappa shape index (κ2) is 6.37. The summed E-state index contributed by atoms with van der Waals surface area (Å²) < 4.78 is 0. The van der Waals surface area contributed by atoms with E-state index < -0.39 is 24.1 Å². The van der Waals surface area contributed by atoms with Gasteiger partial charge in [-0.05, 0) is 19.8 Å². The van der Waals surface area contributed by atoms with Crippen LogP contribution in [0.15, 0.2) is 0 Å². The summed E-state index contributed by atoms with van der Waals surface area (Å²) in [6.07, 6.45) is 1.94. The van der Waals surface area contributed by atoms with Gasteiger partial charge in [0.25, 0.3) is 0 Å². The zero-order valence-corrected chi connectivity index (χ0v) is 10.8. The smallest absolute Gasteiger partial charge is 0.337 e. The highest BCUT2D eigenvalue weighted by molar-refractivity contribution is 5.84. The molecule has 1 saturated heterocycles. The number of nitrogens with zero attached hydrogens (tertiary/aromatic N) is 1. The molecule has 108 valence electrons. The topological polar surface area (TPSA) is 119 Å². The molecule has 8 nitrogen and oxygen atoms in total. The molecule has 0 aromatic carbocycles. The second-order valence-corrected chi connectivity index (χ2v) is 4.70. The van der Waals surface area contributed by atoms with E-state index in [-0.39, 0.29) is 12.5 Å². The Bertz CT molecular complexity index is 363. The molecule has 0 aromatic heterocycles. The standard InChI is InChI=1S/C11H19N3O5/c1-11(19,9(16)17)7-13-10(18)12-6-8(15)14-4-2-3-5-14/h19H,2-7H2,1H3,(H,16,17)(H2,12,13,18). The Balaban J connectivity index is 2.24. The summed E-state index contributed by atoms with van der Waals surface area (Å²) in [5, 5.41) is 22.5. The summed E-state index contributed by atoms with van der Waals surface area (Å²) in [6, 6.07) is -0.686. The van der Waals surface area contributed by atoms with Gasteiger partial charge >= 0.3 is 12.0 Å². The van der Waals surface area contributed by atoms with Crippen molar-refractivity contribution in [3.8, 4) is 0 Å². The maximum atomic E-state index is 11.6. The number of aliphatic carboxylic acids is 1. The van der Waals surface area contributed by atoms with Crippen LogP contribution in [0, 0.1) is 0 Å². The van der Waals surface area contributed by atoms with Crippen molar-refractivity contribution in [3.63, 3.8) is 0 Å². The Hall–Kier alpha value is -1.83. The molecule has 0 aromatic rings. The number of hydrogen-bond acceptors (Lipinski definition) is 4. The minimum atomic E-state index is -2.03. The second-order valence-electron chi connectivity index (χ2n) is 4.70. The van der Waals surface area contributed by atoms with E-state index in [9.17, 15) is 19.5 Å². The number of carbonyl (C=O) groups excluding carboxylic acids is 2. The molecule has 1 rings (SSSR count). The van der Waals surface area contributed by atoms with Crippen LogP contribution >= 0.6 is 0 Å². The normalized spacial score (nSPS) is 17.7. The van der Waals surface area contributed by atoms with E-state index in [4.69, 9.17) is 5.11 Å². The SMILES string of the molecule is CC(O)(CNC(=O)NCC(=O)N1CCCC1)C(=O)O. The third-order valence-electron chi connectivity index (χ3n) is 2.91. The quantitative estimate of drug-likeness (QED) is 0.498. The van der Waals surface area contributed by atoms with E-state index in [0.29, 0.717) is 13.1 Å². The Morgan fingerprint density at radius 1 is 1.21 bits per heavy atom. The van der Waals surface area contributed by atoms with E-state index in [0.717, 1.165) is 19.8 Å². The van der Waals surface area contributed by atoms with Gasteiger partial charge in [0.15, 0.2) is 5.60 Å². The van der Waals surface area contributed by atoms with Crippen molar-refractivity contribution >= 4 is 17.9 Å². The largest absolute Gasteiger partial charge is 0.479 e. The van der Waals surface area contributed by atoms with Crippen LogP contribution in [0.4, 0.5) is 4.79 Å². The molecule has 1 fully saturated rings. The van der Waals surface area contributed by atoms with Gasteiger partial charge in [-0.15, -0.1) is 0 Å². The van der Waals surface area contributed by atoms with Crippen molar-refractivity contribution in [2.45, 2.75) is 25.4 Å². The molecule has 19 heavy (non-hydrogen) atoms. The average molecular weight is 273 g/mol. The first-order chi connectivity index (χ1) is 8.83. The van der Waals surface area contributed by atoms with Gasteiger partial charge in [0.2, 0.25) is 5.91 Å². The maximum absolute atomic E-state index is 11.6. The highest BCUT2D eigenvalue weighted by Gasteiger charge is 2.30. The van der Waals surface area contributed by atoms with E-state index in [1.807, 2.05) is 0 Å². The number of aliphatic hydroxyl groups is 1. The molecular weight excluding hydrogens is 254 g/mol. The number of hydrogen-bond donors (Lipinski definition) is 4. The molecule has 0 radical (unpaired) electrons. The first-order valence-corrected chi connectivity index (χ1v) is 6.08. The van der Waals surface area contributed by atoms with E-state index in [2.05, 4.69) is 10.6 Å². The highest BCUT2D eigenvalue weighted by Crippen LogP contribution is 2.06. The molecule has 1 unspecified atom stereocenters. The summed E-state index contributed by atoms with van der Waals surface area (Å²) in [4.78, 5) is 35.2. The van der Waals surface area contributed by atoms with Crippen LogP contribution < -0.4 is 10.6 Å². The Kier molecular flexibility index (Phi) is 5.11. The lowest BCUT2D eigenvalue weighted by Crippen LogP contribution is -2.50. The number of carbonyl (C=O) groups is 3. The summed E-state index contributed by atoms with van der Waals surface area (Å²) in [7, 11) is 0. The third kappa shape index (κ3) is 4.74. The Morgan fingerprint density at radius 2 is 1.79 bits per heavy atom. The van der Waals surface area contributed by atoms with Crippen molar-refractivity contribution in [2.75, 3.05) is 26.2 Å². The van der Waals surface area contributed by atoms with Crippen molar-refractivity contribution in [1.29, 1.82) is 0 Å². The van der Waals surface area contributed by atoms with E-state index >= 15 is 0 Å². The molecular formula is C11H19N3O5. The average Bonchev–Trinajstić information content (AvgIpc) is 2.87. The van der Waals surface area contributed by atoms with Gasteiger partial charge in [-0.1, -0.05) is 0 Å².